The Kier molecular flexibility index (Phi) is 4.66. The van der Waals surface area contributed by atoms with Gasteiger partial charge in [0.1, 0.15) is 5.58 Å². The Morgan fingerprint density at radius 3 is 2.75 bits per heavy atom. The summed E-state index contributed by atoms with van der Waals surface area (Å²) >= 11 is 0. The molecule has 4 nitrogen and oxygen atoms in total. The van der Waals surface area contributed by atoms with E-state index in [1.54, 1.807) is 19.3 Å². The van der Waals surface area contributed by atoms with E-state index in [1.807, 2.05) is 49.4 Å². The lowest BCUT2D eigenvalue weighted by atomic mass is 10.1. The van der Waals surface area contributed by atoms with Crippen LogP contribution in [-0.2, 0) is 0 Å². The highest BCUT2D eigenvalue weighted by Gasteiger charge is 2.11. The van der Waals surface area contributed by atoms with Gasteiger partial charge in [0.05, 0.1) is 13.7 Å². The minimum absolute atomic E-state index is 0.199. The van der Waals surface area contributed by atoms with Crippen molar-refractivity contribution < 1.29 is 18.7 Å². The molecule has 3 rings (SSSR count). The van der Waals surface area contributed by atoms with E-state index >= 15 is 0 Å². The van der Waals surface area contributed by atoms with Gasteiger partial charge >= 0.3 is 0 Å². The smallest absolute Gasteiger partial charge is 0.221 e. The van der Waals surface area contributed by atoms with Crippen LogP contribution in [0.2, 0.25) is 0 Å². The Hall–Kier alpha value is -3.01. The second-order valence-electron chi connectivity index (χ2n) is 5.16. The molecule has 4 heteroatoms. The maximum absolute atomic E-state index is 12.3. The van der Waals surface area contributed by atoms with Gasteiger partial charge in [-0.05, 0) is 37.3 Å². The predicted octanol–water partition coefficient (Wildman–Crippen LogP) is 4.74. The molecule has 0 aliphatic carbocycles. The molecule has 0 aliphatic rings. The molecule has 0 N–H and O–H groups in total. The first-order valence-electron chi connectivity index (χ1n) is 7.73. The highest BCUT2D eigenvalue weighted by molar-refractivity contribution is 6.07. The molecular weight excluding hydrogens is 304 g/mol. The third-order valence-corrected chi connectivity index (χ3v) is 3.60. The van der Waals surface area contributed by atoms with Gasteiger partial charge in [-0.15, -0.1) is 0 Å². The van der Waals surface area contributed by atoms with Crippen LogP contribution in [0, 0.1) is 0 Å². The molecule has 0 saturated heterocycles. The first-order valence-corrected chi connectivity index (χ1v) is 7.73. The van der Waals surface area contributed by atoms with E-state index in [0.29, 0.717) is 29.4 Å². The number of para-hydroxylation sites is 2. The van der Waals surface area contributed by atoms with Crippen molar-refractivity contribution in [3.05, 3.63) is 65.9 Å². The number of carbonyl (C=O) groups excluding carboxylic acids is 1. The number of ketones is 1. The summed E-state index contributed by atoms with van der Waals surface area (Å²) < 4.78 is 16.5. The molecule has 1 heterocycles. The molecule has 122 valence electrons. The largest absolute Gasteiger partial charge is 0.492 e. The number of ether oxygens (including phenoxy) is 2. The number of allylic oxidation sites excluding steroid dienone is 1. The minimum Gasteiger partial charge on any atom is -0.492 e. The van der Waals surface area contributed by atoms with Crippen molar-refractivity contribution in [2.45, 2.75) is 6.92 Å². The number of methoxy groups -OCH3 is 1. The van der Waals surface area contributed by atoms with E-state index in [0.717, 1.165) is 10.9 Å². The average molecular weight is 322 g/mol. The SMILES string of the molecule is CCOc1cccc(C=CC(=O)c2cc3ccccc3o2)c1OC. The van der Waals surface area contributed by atoms with Crippen LogP contribution in [-0.4, -0.2) is 19.5 Å². The number of hydrogen-bond donors (Lipinski definition) is 0. The van der Waals surface area contributed by atoms with E-state index in [2.05, 4.69) is 0 Å². The number of furan rings is 1. The molecule has 2 aromatic carbocycles. The molecule has 0 amide bonds. The summed E-state index contributed by atoms with van der Waals surface area (Å²) in [5.41, 5.74) is 1.47. The Balaban J connectivity index is 1.87. The second kappa shape index (κ2) is 7.04. The lowest BCUT2D eigenvalue weighted by molar-refractivity contribution is 0.102. The third-order valence-electron chi connectivity index (χ3n) is 3.60. The number of fused-ring (bicyclic) bond motifs is 1. The van der Waals surface area contributed by atoms with Crippen molar-refractivity contribution in [1.29, 1.82) is 0 Å². The molecule has 0 saturated carbocycles. The highest BCUT2D eigenvalue weighted by atomic mass is 16.5. The summed E-state index contributed by atoms with van der Waals surface area (Å²) in [4.78, 5) is 12.3. The van der Waals surface area contributed by atoms with E-state index in [9.17, 15) is 4.79 Å². The quantitative estimate of drug-likeness (QED) is 0.486. The van der Waals surface area contributed by atoms with Crippen LogP contribution < -0.4 is 9.47 Å². The second-order valence-corrected chi connectivity index (χ2v) is 5.16. The van der Waals surface area contributed by atoms with Crippen LogP contribution in [0.5, 0.6) is 11.5 Å². The summed E-state index contributed by atoms with van der Waals surface area (Å²) in [7, 11) is 1.58. The number of hydrogen-bond acceptors (Lipinski definition) is 4. The summed E-state index contributed by atoms with van der Waals surface area (Å²) in [6, 6.07) is 14.8. The molecule has 24 heavy (non-hydrogen) atoms. The number of carbonyl (C=O) groups is 1. The fraction of sp³-hybridized carbons (Fsp3) is 0.150. The molecule has 0 bridgehead atoms. The first-order chi connectivity index (χ1) is 11.7. The van der Waals surface area contributed by atoms with Crippen LogP contribution in [0.15, 0.2) is 59.0 Å². The molecule has 0 radical (unpaired) electrons. The van der Waals surface area contributed by atoms with Crippen molar-refractivity contribution in [1.82, 2.24) is 0 Å². The first kappa shape index (κ1) is 15.9. The Morgan fingerprint density at radius 1 is 1.17 bits per heavy atom. The van der Waals surface area contributed by atoms with Crippen molar-refractivity contribution >= 4 is 22.8 Å². The van der Waals surface area contributed by atoms with Gasteiger partial charge in [-0.3, -0.25) is 4.79 Å². The number of benzene rings is 2. The van der Waals surface area contributed by atoms with Crippen LogP contribution >= 0.6 is 0 Å². The minimum atomic E-state index is -0.199. The van der Waals surface area contributed by atoms with E-state index in [1.165, 1.54) is 6.08 Å². The molecule has 1 aromatic heterocycles. The summed E-state index contributed by atoms with van der Waals surface area (Å²) in [5, 5.41) is 0.908. The molecular formula is C20H18O4. The zero-order valence-corrected chi connectivity index (χ0v) is 13.6. The normalized spacial score (nSPS) is 11.1. The fourth-order valence-electron chi connectivity index (χ4n) is 2.50. The van der Waals surface area contributed by atoms with Crippen molar-refractivity contribution in [2.75, 3.05) is 13.7 Å². The maximum atomic E-state index is 12.3. The Bertz CT molecular complexity index is 857. The van der Waals surface area contributed by atoms with Crippen LogP contribution in [0.4, 0.5) is 0 Å². The summed E-state index contributed by atoms with van der Waals surface area (Å²) in [6.45, 7) is 2.45. The van der Waals surface area contributed by atoms with E-state index in [-0.39, 0.29) is 5.78 Å². The van der Waals surface area contributed by atoms with Crippen molar-refractivity contribution in [3.8, 4) is 11.5 Å². The van der Waals surface area contributed by atoms with E-state index < -0.39 is 0 Å². The predicted molar refractivity (Wildman–Crippen MR) is 93.7 cm³/mol. The molecule has 3 aromatic rings. The third kappa shape index (κ3) is 3.18. The Morgan fingerprint density at radius 2 is 2.00 bits per heavy atom. The molecule has 0 spiro atoms. The molecule has 0 atom stereocenters. The maximum Gasteiger partial charge on any atom is 0.221 e. The zero-order chi connectivity index (χ0) is 16.9. The van der Waals surface area contributed by atoms with Gasteiger partial charge in [-0.1, -0.05) is 30.3 Å². The van der Waals surface area contributed by atoms with E-state index in [4.69, 9.17) is 13.9 Å². The molecule has 0 aliphatic heterocycles. The Labute approximate surface area is 140 Å². The van der Waals surface area contributed by atoms with Gasteiger partial charge in [-0.25, -0.2) is 0 Å². The van der Waals surface area contributed by atoms with Gasteiger partial charge in [-0.2, -0.15) is 0 Å². The topological polar surface area (TPSA) is 48.7 Å². The summed E-state index contributed by atoms with van der Waals surface area (Å²) in [5.74, 6) is 1.37. The standard InChI is InChI=1S/C20H18O4/c1-3-23-18-10-6-8-14(20(18)22-2)11-12-16(21)19-13-15-7-4-5-9-17(15)24-19/h4-13H,3H2,1-2H3. The lowest BCUT2D eigenvalue weighted by Crippen LogP contribution is -1.97. The fourth-order valence-corrected chi connectivity index (χ4v) is 2.50. The average Bonchev–Trinajstić information content (AvgIpc) is 3.04. The van der Waals surface area contributed by atoms with Crippen molar-refractivity contribution in [2.24, 2.45) is 0 Å². The summed E-state index contributed by atoms with van der Waals surface area (Å²) in [6.07, 6.45) is 3.18. The van der Waals surface area contributed by atoms with Crippen LogP contribution in [0.25, 0.3) is 17.0 Å². The van der Waals surface area contributed by atoms with Gasteiger partial charge in [0.2, 0.25) is 5.78 Å². The highest BCUT2D eigenvalue weighted by Crippen LogP contribution is 2.32. The monoisotopic (exact) mass is 322 g/mol. The number of rotatable bonds is 6. The lowest BCUT2D eigenvalue weighted by Gasteiger charge is -2.11. The zero-order valence-electron chi connectivity index (χ0n) is 13.6. The van der Waals surface area contributed by atoms with Crippen molar-refractivity contribution in [3.63, 3.8) is 0 Å². The molecule has 0 fully saturated rings. The van der Waals surface area contributed by atoms with Crippen LogP contribution in [0.1, 0.15) is 23.0 Å². The van der Waals surface area contributed by atoms with Gasteiger partial charge in [0, 0.05) is 10.9 Å². The van der Waals surface area contributed by atoms with Gasteiger partial charge in [0.25, 0.3) is 0 Å². The molecule has 0 unspecified atom stereocenters. The van der Waals surface area contributed by atoms with Gasteiger partial charge in [0.15, 0.2) is 17.3 Å². The van der Waals surface area contributed by atoms with Crippen LogP contribution in [0.3, 0.4) is 0 Å². The van der Waals surface area contributed by atoms with Gasteiger partial charge < -0.3 is 13.9 Å².